The number of fused-ring (bicyclic) bond motifs is 1. The van der Waals surface area contributed by atoms with Gasteiger partial charge in [0.2, 0.25) is 0 Å². The molecule has 154 valence electrons. The molecule has 1 N–H and O–H groups in total. The molecule has 0 spiro atoms. The number of carbonyl (C=O) groups is 1. The normalized spacial score (nSPS) is 21.0. The number of anilines is 1. The van der Waals surface area contributed by atoms with E-state index in [4.69, 9.17) is 23.2 Å². The highest BCUT2D eigenvalue weighted by atomic mass is 35.5. The molecule has 0 radical (unpaired) electrons. The lowest BCUT2D eigenvalue weighted by Gasteiger charge is -2.33. The molecule has 2 aliphatic heterocycles. The van der Waals surface area contributed by atoms with Crippen LogP contribution in [-0.2, 0) is 4.79 Å². The van der Waals surface area contributed by atoms with Gasteiger partial charge in [-0.3, -0.25) is 4.79 Å². The zero-order valence-electron chi connectivity index (χ0n) is 16.3. The average Bonchev–Trinajstić information content (AvgIpc) is 3.49. The number of aromatic nitrogens is 2. The first kappa shape index (κ1) is 19.7. The Morgan fingerprint density at radius 3 is 2.87 bits per heavy atom. The number of hydrogen-bond acceptors (Lipinski definition) is 4. The van der Waals surface area contributed by atoms with Crippen LogP contribution in [0.5, 0.6) is 0 Å². The van der Waals surface area contributed by atoms with E-state index < -0.39 is 0 Å². The molecule has 0 bridgehead atoms. The monoisotopic (exact) mass is 458 g/mol. The molecule has 1 aromatic carbocycles. The van der Waals surface area contributed by atoms with Gasteiger partial charge in [-0.15, -0.1) is 11.3 Å². The predicted octanol–water partition coefficient (Wildman–Crippen LogP) is 5.90. The highest BCUT2D eigenvalue weighted by Crippen LogP contribution is 2.41. The van der Waals surface area contributed by atoms with Gasteiger partial charge in [0.15, 0.2) is 0 Å². The summed E-state index contributed by atoms with van der Waals surface area (Å²) in [6.45, 7) is 2.70. The average molecular weight is 459 g/mol. The van der Waals surface area contributed by atoms with Crippen molar-refractivity contribution in [2.24, 2.45) is 0 Å². The Balaban J connectivity index is 1.59. The van der Waals surface area contributed by atoms with E-state index in [0.717, 1.165) is 36.5 Å². The zero-order valence-corrected chi connectivity index (χ0v) is 18.6. The molecule has 0 saturated carbocycles. The molecule has 30 heavy (non-hydrogen) atoms. The van der Waals surface area contributed by atoms with Crippen molar-refractivity contribution in [3.63, 3.8) is 0 Å². The summed E-state index contributed by atoms with van der Waals surface area (Å²) in [4.78, 5) is 17.2. The van der Waals surface area contributed by atoms with Crippen LogP contribution < -0.4 is 5.32 Å². The lowest BCUT2D eigenvalue weighted by Crippen LogP contribution is -2.37. The summed E-state index contributed by atoms with van der Waals surface area (Å²) in [6.07, 6.45) is 3.72. The SMILES string of the molecule is CC1=C(C(=O)N2CCCC2c2cccs2)C(c2ccc(Cl)c(Cl)c2)n2nccc2N1. The molecule has 5 nitrogen and oxygen atoms in total. The van der Waals surface area contributed by atoms with Crippen LogP contribution in [-0.4, -0.2) is 27.1 Å². The Bertz CT molecular complexity index is 1140. The molecule has 2 unspecified atom stereocenters. The van der Waals surface area contributed by atoms with Crippen molar-refractivity contribution in [1.82, 2.24) is 14.7 Å². The van der Waals surface area contributed by atoms with E-state index in [2.05, 4.69) is 21.9 Å². The molecule has 5 rings (SSSR count). The predicted molar refractivity (Wildman–Crippen MR) is 121 cm³/mol. The fraction of sp³-hybridized carbons (Fsp3) is 0.273. The van der Waals surface area contributed by atoms with Crippen LogP contribution in [0, 0.1) is 0 Å². The molecule has 0 aliphatic carbocycles. The van der Waals surface area contributed by atoms with Crippen molar-refractivity contribution < 1.29 is 4.79 Å². The minimum absolute atomic E-state index is 0.0353. The van der Waals surface area contributed by atoms with Gasteiger partial charge in [0.25, 0.3) is 5.91 Å². The Kier molecular flexibility index (Phi) is 5.09. The third kappa shape index (κ3) is 3.23. The number of carbonyl (C=O) groups excluding carboxylic acids is 1. The molecular formula is C22H20Cl2N4OS. The maximum absolute atomic E-state index is 13.9. The number of rotatable bonds is 3. The van der Waals surface area contributed by atoms with Crippen molar-refractivity contribution in [3.05, 3.63) is 79.7 Å². The standard InChI is InChI=1S/C22H20Cl2N4OS/c1-13-20(22(29)27-10-2-4-17(27)18-5-3-11-30-18)21(28-19(26-13)8-9-25-28)14-6-7-15(23)16(24)12-14/h3,5-9,11-12,17,21,26H,2,4,10H2,1H3. The van der Waals surface area contributed by atoms with E-state index in [-0.39, 0.29) is 18.0 Å². The van der Waals surface area contributed by atoms with Crippen molar-refractivity contribution in [1.29, 1.82) is 0 Å². The second kappa shape index (κ2) is 7.76. The molecule has 8 heteroatoms. The smallest absolute Gasteiger partial charge is 0.254 e. The van der Waals surface area contributed by atoms with Crippen LogP contribution in [0.4, 0.5) is 5.82 Å². The minimum atomic E-state index is -0.372. The third-order valence-electron chi connectivity index (χ3n) is 5.78. The van der Waals surface area contributed by atoms with Crippen LogP contribution in [0.3, 0.4) is 0 Å². The fourth-order valence-corrected chi connectivity index (χ4v) is 5.59. The summed E-state index contributed by atoms with van der Waals surface area (Å²) in [5, 5.41) is 10.9. The molecular weight excluding hydrogens is 439 g/mol. The second-order valence-electron chi connectivity index (χ2n) is 7.57. The summed E-state index contributed by atoms with van der Waals surface area (Å²) in [5.74, 6) is 0.879. The summed E-state index contributed by atoms with van der Waals surface area (Å²) in [5.41, 5.74) is 2.40. The third-order valence-corrected chi connectivity index (χ3v) is 7.50. The van der Waals surface area contributed by atoms with E-state index in [9.17, 15) is 4.79 Å². The molecule has 1 fully saturated rings. The minimum Gasteiger partial charge on any atom is -0.344 e. The van der Waals surface area contributed by atoms with Gasteiger partial charge in [-0.05, 0) is 48.9 Å². The molecule has 1 saturated heterocycles. The number of nitrogens with zero attached hydrogens (tertiary/aromatic N) is 3. The first-order chi connectivity index (χ1) is 14.5. The van der Waals surface area contributed by atoms with E-state index in [1.807, 2.05) is 40.8 Å². The summed E-state index contributed by atoms with van der Waals surface area (Å²) < 4.78 is 1.84. The number of halogens is 2. The van der Waals surface area contributed by atoms with E-state index in [1.54, 1.807) is 23.6 Å². The summed E-state index contributed by atoms with van der Waals surface area (Å²) >= 11 is 14.2. The number of thiophene rings is 1. The maximum Gasteiger partial charge on any atom is 0.254 e. The van der Waals surface area contributed by atoms with Crippen molar-refractivity contribution >= 4 is 46.3 Å². The van der Waals surface area contributed by atoms with Crippen molar-refractivity contribution in [2.75, 3.05) is 11.9 Å². The number of benzene rings is 1. The van der Waals surface area contributed by atoms with Crippen molar-refractivity contribution in [2.45, 2.75) is 31.8 Å². The quantitative estimate of drug-likeness (QED) is 0.530. The Morgan fingerprint density at radius 2 is 2.10 bits per heavy atom. The first-order valence-electron chi connectivity index (χ1n) is 9.85. The number of likely N-dealkylation sites (tertiary alicyclic amines) is 1. The highest BCUT2D eigenvalue weighted by Gasteiger charge is 2.39. The zero-order chi connectivity index (χ0) is 20.8. The van der Waals surface area contributed by atoms with Crippen molar-refractivity contribution in [3.8, 4) is 0 Å². The van der Waals surface area contributed by atoms with Gasteiger partial charge < -0.3 is 10.2 Å². The molecule has 2 atom stereocenters. The van der Waals surface area contributed by atoms with Crippen LogP contribution in [0.2, 0.25) is 10.0 Å². The largest absolute Gasteiger partial charge is 0.344 e. The van der Waals surface area contributed by atoms with Crippen LogP contribution in [0.15, 0.2) is 59.2 Å². The molecule has 3 aromatic rings. The number of allylic oxidation sites excluding steroid dienone is 1. The lowest BCUT2D eigenvalue weighted by molar-refractivity contribution is -0.128. The van der Waals surface area contributed by atoms with Gasteiger partial charge in [-0.25, -0.2) is 4.68 Å². The number of hydrogen-bond donors (Lipinski definition) is 1. The molecule has 2 aliphatic rings. The first-order valence-corrected chi connectivity index (χ1v) is 11.5. The summed E-state index contributed by atoms with van der Waals surface area (Å²) in [6, 6.07) is 11.3. The van der Waals surface area contributed by atoms with E-state index in [0.29, 0.717) is 15.6 Å². The molecule has 1 amide bonds. The fourth-order valence-electron chi connectivity index (χ4n) is 4.41. The maximum atomic E-state index is 13.9. The molecule has 4 heterocycles. The summed E-state index contributed by atoms with van der Waals surface area (Å²) in [7, 11) is 0. The van der Waals surface area contributed by atoms with Crippen LogP contribution >= 0.6 is 34.5 Å². The van der Waals surface area contributed by atoms with Gasteiger partial charge in [0, 0.05) is 23.2 Å². The van der Waals surface area contributed by atoms with Gasteiger partial charge in [-0.2, -0.15) is 5.10 Å². The highest BCUT2D eigenvalue weighted by molar-refractivity contribution is 7.10. The Hall–Kier alpha value is -2.28. The van der Waals surface area contributed by atoms with Gasteiger partial charge in [0.1, 0.15) is 11.9 Å². The van der Waals surface area contributed by atoms with Gasteiger partial charge >= 0.3 is 0 Å². The van der Waals surface area contributed by atoms with Crippen LogP contribution in [0.1, 0.15) is 42.3 Å². The second-order valence-corrected chi connectivity index (χ2v) is 9.37. The number of nitrogens with one attached hydrogen (secondary N) is 1. The topological polar surface area (TPSA) is 50.2 Å². The Labute approximate surface area is 188 Å². The molecule has 2 aromatic heterocycles. The lowest BCUT2D eigenvalue weighted by atomic mass is 9.94. The van der Waals surface area contributed by atoms with E-state index in [1.165, 1.54) is 4.88 Å². The van der Waals surface area contributed by atoms with E-state index >= 15 is 0 Å². The van der Waals surface area contributed by atoms with Crippen LogP contribution in [0.25, 0.3) is 0 Å². The van der Waals surface area contributed by atoms with Gasteiger partial charge in [-0.1, -0.05) is 35.3 Å². The Morgan fingerprint density at radius 1 is 1.23 bits per heavy atom. The van der Waals surface area contributed by atoms with Gasteiger partial charge in [0.05, 0.1) is 27.9 Å². The number of amides is 1.